The second kappa shape index (κ2) is 11.7. The molecule has 0 aromatic heterocycles. The summed E-state index contributed by atoms with van der Waals surface area (Å²) in [6.45, 7) is 14.9. The molecule has 174 valence electrons. The van der Waals surface area contributed by atoms with E-state index >= 15 is 0 Å². The van der Waals surface area contributed by atoms with E-state index in [1.165, 1.54) is 0 Å². The number of rotatable bonds is 10. The maximum Gasteiger partial charge on any atom is 0.261 e. The van der Waals surface area contributed by atoms with Crippen molar-refractivity contribution in [2.45, 2.75) is 67.5 Å². The minimum Gasteiger partial charge on any atom is -0.483 e. The normalized spacial score (nSPS) is 11.9. The van der Waals surface area contributed by atoms with Gasteiger partial charge in [-0.2, -0.15) is 0 Å². The standard InChI is InChI=1S/C27H38N2O3/c1-8-24(27(31)28-15-18(2)3)29(16-23-11-9-19(4)10-12-23)26(30)17-32-25-14-20(5)13-21(6)22(25)7/h9-14,18,24H,8,15-17H2,1-7H3,(H,28,31)/t24-/m1/s1. The molecule has 1 atom stereocenters. The molecule has 0 radical (unpaired) electrons. The highest BCUT2D eigenvalue weighted by atomic mass is 16.5. The van der Waals surface area contributed by atoms with Crippen molar-refractivity contribution in [1.29, 1.82) is 0 Å². The molecule has 0 saturated heterocycles. The molecule has 5 heteroatoms. The van der Waals surface area contributed by atoms with Crippen LogP contribution in [-0.4, -0.2) is 35.9 Å². The van der Waals surface area contributed by atoms with Gasteiger partial charge in [-0.15, -0.1) is 0 Å². The number of benzene rings is 2. The molecule has 0 heterocycles. The number of nitrogens with zero attached hydrogens (tertiary/aromatic N) is 1. The molecule has 0 aliphatic heterocycles. The Morgan fingerprint density at radius 3 is 2.25 bits per heavy atom. The van der Waals surface area contributed by atoms with Gasteiger partial charge in [0.15, 0.2) is 6.61 Å². The number of nitrogens with one attached hydrogen (secondary N) is 1. The van der Waals surface area contributed by atoms with Crippen LogP contribution in [0.15, 0.2) is 36.4 Å². The van der Waals surface area contributed by atoms with E-state index in [9.17, 15) is 9.59 Å². The molecule has 2 amide bonds. The average Bonchev–Trinajstić information content (AvgIpc) is 2.74. The lowest BCUT2D eigenvalue weighted by atomic mass is 10.1. The quantitative estimate of drug-likeness (QED) is 0.575. The number of hydrogen-bond acceptors (Lipinski definition) is 3. The van der Waals surface area contributed by atoms with Gasteiger partial charge in [-0.1, -0.05) is 56.7 Å². The van der Waals surface area contributed by atoms with E-state index in [4.69, 9.17) is 4.74 Å². The summed E-state index contributed by atoms with van der Waals surface area (Å²) in [5.74, 6) is 0.733. The van der Waals surface area contributed by atoms with Gasteiger partial charge in [0.25, 0.3) is 5.91 Å². The predicted molar refractivity (Wildman–Crippen MR) is 130 cm³/mol. The van der Waals surface area contributed by atoms with Crippen molar-refractivity contribution in [1.82, 2.24) is 10.2 Å². The van der Waals surface area contributed by atoms with Crippen LogP contribution in [0.2, 0.25) is 0 Å². The number of hydrogen-bond donors (Lipinski definition) is 1. The summed E-state index contributed by atoms with van der Waals surface area (Å²) in [5, 5.41) is 2.99. The Bertz CT molecular complexity index is 919. The molecular weight excluding hydrogens is 400 g/mol. The Balaban J connectivity index is 2.24. The molecule has 0 saturated carbocycles. The Morgan fingerprint density at radius 2 is 1.66 bits per heavy atom. The molecule has 2 aromatic carbocycles. The Labute approximate surface area is 193 Å². The van der Waals surface area contributed by atoms with Gasteiger partial charge in [0.05, 0.1) is 0 Å². The summed E-state index contributed by atoms with van der Waals surface area (Å²) in [6.07, 6.45) is 0.532. The van der Waals surface area contributed by atoms with Gasteiger partial charge in [-0.25, -0.2) is 0 Å². The van der Waals surface area contributed by atoms with Crippen molar-refractivity contribution < 1.29 is 14.3 Å². The lowest BCUT2D eigenvalue weighted by molar-refractivity contribution is -0.143. The summed E-state index contributed by atoms with van der Waals surface area (Å²) < 4.78 is 5.95. The van der Waals surface area contributed by atoms with Crippen molar-refractivity contribution in [3.05, 3.63) is 64.2 Å². The second-order valence-corrected chi connectivity index (χ2v) is 9.06. The van der Waals surface area contributed by atoms with Crippen LogP contribution in [0.3, 0.4) is 0 Å². The van der Waals surface area contributed by atoms with Crippen molar-refractivity contribution in [2.75, 3.05) is 13.2 Å². The first kappa shape index (κ1) is 25.4. The van der Waals surface area contributed by atoms with Crippen molar-refractivity contribution in [3.63, 3.8) is 0 Å². The minimum absolute atomic E-state index is 0.108. The maximum atomic E-state index is 13.3. The molecule has 0 fully saturated rings. The van der Waals surface area contributed by atoms with Crippen molar-refractivity contribution in [3.8, 4) is 5.75 Å². The van der Waals surface area contributed by atoms with Crippen LogP contribution in [0.1, 0.15) is 55.0 Å². The first-order valence-corrected chi connectivity index (χ1v) is 11.5. The van der Waals surface area contributed by atoms with E-state index in [1.54, 1.807) is 4.90 Å². The van der Waals surface area contributed by atoms with E-state index in [0.29, 0.717) is 31.2 Å². The zero-order valence-corrected chi connectivity index (χ0v) is 20.6. The van der Waals surface area contributed by atoms with Crippen LogP contribution >= 0.6 is 0 Å². The molecule has 2 aromatic rings. The van der Waals surface area contributed by atoms with Gasteiger partial charge in [-0.3, -0.25) is 9.59 Å². The van der Waals surface area contributed by atoms with Crippen LogP contribution in [-0.2, 0) is 16.1 Å². The van der Waals surface area contributed by atoms with Crippen molar-refractivity contribution in [2.24, 2.45) is 5.92 Å². The largest absolute Gasteiger partial charge is 0.483 e. The topological polar surface area (TPSA) is 58.6 Å². The highest BCUT2D eigenvalue weighted by Crippen LogP contribution is 2.23. The monoisotopic (exact) mass is 438 g/mol. The van der Waals surface area contributed by atoms with Crippen LogP contribution < -0.4 is 10.1 Å². The predicted octanol–water partition coefficient (Wildman–Crippen LogP) is 4.88. The highest BCUT2D eigenvalue weighted by molar-refractivity contribution is 5.88. The fourth-order valence-corrected chi connectivity index (χ4v) is 3.61. The molecule has 5 nitrogen and oxygen atoms in total. The summed E-state index contributed by atoms with van der Waals surface area (Å²) >= 11 is 0. The molecule has 2 rings (SSSR count). The van der Waals surface area contributed by atoms with Crippen LogP contribution in [0.25, 0.3) is 0 Å². The highest BCUT2D eigenvalue weighted by Gasteiger charge is 2.29. The molecule has 32 heavy (non-hydrogen) atoms. The van der Waals surface area contributed by atoms with E-state index in [2.05, 4.69) is 25.2 Å². The van der Waals surface area contributed by atoms with Crippen LogP contribution in [0.4, 0.5) is 0 Å². The zero-order chi connectivity index (χ0) is 23.8. The first-order valence-electron chi connectivity index (χ1n) is 11.5. The van der Waals surface area contributed by atoms with Crippen LogP contribution in [0.5, 0.6) is 5.75 Å². The molecule has 0 aliphatic rings. The van der Waals surface area contributed by atoms with E-state index in [1.807, 2.05) is 65.0 Å². The fourth-order valence-electron chi connectivity index (χ4n) is 3.61. The number of ether oxygens (including phenoxy) is 1. The SMILES string of the molecule is CC[C@H](C(=O)NCC(C)C)N(Cc1ccc(C)cc1)C(=O)COc1cc(C)cc(C)c1C. The van der Waals surface area contributed by atoms with E-state index in [-0.39, 0.29) is 18.4 Å². The molecule has 0 unspecified atom stereocenters. The second-order valence-electron chi connectivity index (χ2n) is 9.06. The third-order valence-electron chi connectivity index (χ3n) is 5.66. The molecule has 0 bridgehead atoms. The molecule has 0 spiro atoms. The van der Waals surface area contributed by atoms with Gasteiger partial charge in [0.2, 0.25) is 5.91 Å². The number of carbonyl (C=O) groups is 2. The first-order chi connectivity index (χ1) is 15.1. The lowest BCUT2D eigenvalue weighted by Gasteiger charge is -2.31. The molecular formula is C27H38N2O3. The average molecular weight is 439 g/mol. The van der Waals surface area contributed by atoms with E-state index in [0.717, 1.165) is 27.8 Å². The summed E-state index contributed by atoms with van der Waals surface area (Å²) in [6, 6.07) is 11.5. The molecule has 1 N–H and O–H groups in total. The van der Waals surface area contributed by atoms with Crippen molar-refractivity contribution >= 4 is 11.8 Å². The number of amides is 2. The molecule has 0 aliphatic carbocycles. The zero-order valence-electron chi connectivity index (χ0n) is 20.6. The van der Waals surface area contributed by atoms with Gasteiger partial charge in [-0.05, 0) is 68.4 Å². The smallest absolute Gasteiger partial charge is 0.261 e. The van der Waals surface area contributed by atoms with Gasteiger partial charge in [0, 0.05) is 13.1 Å². The summed E-state index contributed by atoms with van der Waals surface area (Å²) in [7, 11) is 0. The third-order valence-corrected chi connectivity index (χ3v) is 5.66. The summed E-state index contributed by atoms with van der Waals surface area (Å²) in [5.41, 5.74) is 5.38. The number of carbonyl (C=O) groups excluding carboxylic acids is 2. The summed E-state index contributed by atoms with van der Waals surface area (Å²) in [4.78, 5) is 27.9. The fraction of sp³-hybridized carbons (Fsp3) is 0.481. The Hall–Kier alpha value is -2.82. The Kier molecular flexibility index (Phi) is 9.30. The Morgan fingerprint density at radius 1 is 1.00 bits per heavy atom. The van der Waals surface area contributed by atoms with Gasteiger partial charge >= 0.3 is 0 Å². The number of aryl methyl sites for hydroxylation is 3. The minimum atomic E-state index is -0.550. The lowest BCUT2D eigenvalue weighted by Crippen LogP contribution is -2.50. The van der Waals surface area contributed by atoms with Gasteiger partial charge < -0.3 is 15.0 Å². The van der Waals surface area contributed by atoms with Gasteiger partial charge in [0.1, 0.15) is 11.8 Å². The van der Waals surface area contributed by atoms with E-state index < -0.39 is 6.04 Å². The maximum absolute atomic E-state index is 13.3. The van der Waals surface area contributed by atoms with Crippen LogP contribution in [0, 0.1) is 33.6 Å². The third kappa shape index (κ3) is 7.11.